The van der Waals surface area contributed by atoms with Gasteiger partial charge in [-0.25, -0.2) is 4.98 Å². The normalized spacial score (nSPS) is 10.5. The average Bonchev–Trinajstić information content (AvgIpc) is 2.37. The molecule has 1 aromatic heterocycles. The minimum absolute atomic E-state index is 0.0449. The first-order valence-electron chi connectivity index (χ1n) is 6.41. The van der Waals surface area contributed by atoms with Crippen molar-refractivity contribution in [2.45, 2.75) is 32.6 Å². The van der Waals surface area contributed by atoms with Gasteiger partial charge in [0.15, 0.2) is 0 Å². The Kier molecular flexibility index (Phi) is 4.29. The van der Waals surface area contributed by atoms with Crippen molar-refractivity contribution in [2.75, 3.05) is 0 Å². The molecule has 0 aliphatic heterocycles. The Morgan fingerprint density at radius 3 is 2.61 bits per heavy atom. The van der Waals surface area contributed by atoms with E-state index < -0.39 is 0 Å². The van der Waals surface area contributed by atoms with E-state index in [1.807, 2.05) is 18.2 Å². The van der Waals surface area contributed by atoms with Gasteiger partial charge in [-0.05, 0) is 18.4 Å². The zero-order chi connectivity index (χ0) is 12.8. The molecule has 1 aromatic carbocycles. The molecular weight excluding hydrogens is 224 g/mol. The number of hydrogen-bond donors (Lipinski definition) is 1. The van der Waals surface area contributed by atoms with Crippen molar-refractivity contribution in [3.05, 3.63) is 63.8 Å². The lowest BCUT2D eigenvalue weighted by Gasteiger charge is -2.04. The van der Waals surface area contributed by atoms with Crippen LogP contribution in [0.15, 0.2) is 41.2 Å². The van der Waals surface area contributed by atoms with Crippen LogP contribution in [0.1, 0.15) is 30.4 Å². The number of aryl methyl sites for hydroxylation is 3. The number of nitrogens with zero attached hydrogens (tertiary/aromatic N) is 1. The highest BCUT2D eigenvalue weighted by atomic mass is 16.1. The molecule has 0 aliphatic carbocycles. The molecule has 0 aliphatic rings. The van der Waals surface area contributed by atoms with Crippen LogP contribution in [-0.2, 0) is 19.3 Å². The first-order chi connectivity index (χ1) is 8.78. The van der Waals surface area contributed by atoms with Crippen LogP contribution in [0.2, 0.25) is 0 Å². The third-order valence-electron chi connectivity index (χ3n) is 2.84. The molecular formula is C15H18N2O. The largest absolute Gasteiger partial charge is 0.311 e. The minimum atomic E-state index is -0.0449. The predicted molar refractivity (Wildman–Crippen MR) is 72.7 cm³/mol. The van der Waals surface area contributed by atoms with Gasteiger partial charge in [0.05, 0.1) is 0 Å². The Labute approximate surface area is 107 Å². The van der Waals surface area contributed by atoms with E-state index in [0.717, 1.165) is 37.2 Å². The van der Waals surface area contributed by atoms with Crippen molar-refractivity contribution >= 4 is 0 Å². The lowest BCUT2D eigenvalue weighted by molar-refractivity contribution is 0.796. The van der Waals surface area contributed by atoms with E-state index in [1.54, 1.807) is 6.07 Å². The molecule has 0 fully saturated rings. The fraction of sp³-hybridized carbons (Fsp3) is 0.333. The summed E-state index contributed by atoms with van der Waals surface area (Å²) < 4.78 is 0. The summed E-state index contributed by atoms with van der Waals surface area (Å²) in [7, 11) is 0. The van der Waals surface area contributed by atoms with Gasteiger partial charge in [0.1, 0.15) is 5.82 Å². The monoisotopic (exact) mass is 242 g/mol. The average molecular weight is 242 g/mol. The third kappa shape index (κ3) is 3.55. The second-order valence-corrected chi connectivity index (χ2v) is 4.42. The van der Waals surface area contributed by atoms with Crippen LogP contribution in [0.25, 0.3) is 0 Å². The van der Waals surface area contributed by atoms with Gasteiger partial charge < -0.3 is 4.98 Å². The van der Waals surface area contributed by atoms with Gasteiger partial charge in [0, 0.05) is 18.2 Å². The summed E-state index contributed by atoms with van der Waals surface area (Å²) in [5, 5.41) is 0. The number of rotatable bonds is 5. The molecule has 0 unspecified atom stereocenters. The van der Waals surface area contributed by atoms with Gasteiger partial charge in [-0.1, -0.05) is 43.7 Å². The maximum absolute atomic E-state index is 11.5. The van der Waals surface area contributed by atoms with E-state index in [4.69, 9.17) is 0 Å². The van der Waals surface area contributed by atoms with Crippen LogP contribution in [0.5, 0.6) is 0 Å². The highest BCUT2D eigenvalue weighted by Crippen LogP contribution is 2.04. The molecule has 2 rings (SSSR count). The second-order valence-electron chi connectivity index (χ2n) is 4.42. The van der Waals surface area contributed by atoms with E-state index >= 15 is 0 Å². The highest BCUT2D eigenvalue weighted by molar-refractivity contribution is 5.15. The molecule has 0 saturated heterocycles. The molecule has 3 heteroatoms. The van der Waals surface area contributed by atoms with Gasteiger partial charge in [0.2, 0.25) is 0 Å². The standard InChI is InChI=1S/C15H18N2O/c1-2-6-13-11-15(18)17-14(16-13)10-9-12-7-4-3-5-8-12/h3-5,7-8,11H,2,6,9-10H2,1H3,(H,16,17,18). The molecule has 3 nitrogen and oxygen atoms in total. The Balaban J connectivity index is 2.07. The van der Waals surface area contributed by atoms with Crippen molar-refractivity contribution in [3.63, 3.8) is 0 Å². The summed E-state index contributed by atoms with van der Waals surface area (Å²) in [5.41, 5.74) is 2.11. The molecule has 0 saturated carbocycles. The van der Waals surface area contributed by atoms with Gasteiger partial charge in [0.25, 0.3) is 5.56 Å². The van der Waals surface area contributed by atoms with Crippen LogP contribution in [0, 0.1) is 0 Å². The van der Waals surface area contributed by atoms with Crippen molar-refractivity contribution in [2.24, 2.45) is 0 Å². The Bertz CT molecular complexity index is 546. The SMILES string of the molecule is CCCc1cc(=O)[nH]c(CCc2ccccc2)n1. The number of hydrogen-bond acceptors (Lipinski definition) is 2. The maximum Gasteiger partial charge on any atom is 0.251 e. The molecule has 1 heterocycles. The van der Waals surface area contributed by atoms with Crippen molar-refractivity contribution in [1.82, 2.24) is 9.97 Å². The first-order valence-corrected chi connectivity index (χ1v) is 6.41. The molecule has 0 bridgehead atoms. The summed E-state index contributed by atoms with van der Waals surface area (Å²) in [5.74, 6) is 0.787. The van der Waals surface area contributed by atoms with E-state index in [1.165, 1.54) is 5.56 Å². The van der Waals surface area contributed by atoms with Crippen LogP contribution in [0.3, 0.4) is 0 Å². The van der Waals surface area contributed by atoms with Crippen LogP contribution < -0.4 is 5.56 Å². The van der Waals surface area contributed by atoms with E-state index in [-0.39, 0.29) is 5.56 Å². The van der Waals surface area contributed by atoms with Crippen LogP contribution in [0.4, 0.5) is 0 Å². The maximum atomic E-state index is 11.5. The van der Waals surface area contributed by atoms with E-state index in [0.29, 0.717) is 0 Å². The molecule has 0 radical (unpaired) electrons. The Hall–Kier alpha value is -1.90. The quantitative estimate of drug-likeness (QED) is 0.875. The number of nitrogens with one attached hydrogen (secondary N) is 1. The molecule has 94 valence electrons. The van der Waals surface area contributed by atoms with Crippen molar-refractivity contribution in [1.29, 1.82) is 0 Å². The van der Waals surface area contributed by atoms with Crippen molar-refractivity contribution < 1.29 is 0 Å². The fourth-order valence-electron chi connectivity index (χ4n) is 1.97. The number of aromatic nitrogens is 2. The van der Waals surface area contributed by atoms with Gasteiger partial charge in [-0.15, -0.1) is 0 Å². The summed E-state index contributed by atoms with van der Waals surface area (Å²) in [6, 6.07) is 11.8. The Morgan fingerprint density at radius 2 is 1.89 bits per heavy atom. The summed E-state index contributed by atoms with van der Waals surface area (Å²) in [6.45, 7) is 2.09. The van der Waals surface area contributed by atoms with Gasteiger partial charge in [-0.3, -0.25) is 4.79 Å². The zero-order valence-electron chi connectivity index (χ0n) is 10.6. The molecule has 18 heavy (non-hydrogen) atoms. The Morgan fingerprint density at radius 1 is 1.11 bits per heavy atom. The van der Waals surface area contributed by atoms with Crippen LogP contribution in [-0.4, -0.2) is 9.97 Å². The number of benzene rings is 1. The summed E-state index contributed by atoms with van der Waals surface area (Å²) in [4.78, 5) is 18.8. The summed E-state index contributed by atoms with van der Waals surface area (Å²) in [6.07, 6.45) is 3.55. The molecule has 0 atom stereocenters. The van der Waals surface area contributed by atoms with E-state index in [9.17, 15) is 4.79 Å². The second kappa shape index (κ2) is 6.15. The van der Waals surface area contributed by atoms with Crippen LogP contribution >= 0.6 is 0 Å². The zero-order valence-corrected chi connectivity index (χ0v) is 10.6. The highest BCUT2D eigenvalue weighted by Gasteiger charge is 2.01. The lowest BCUT2D eigenvalue weighted by atomic mass is 10.1. The lowest BCUT2D eigenvalue weighted by Crippen LogP contribution is -2.13. The van der Waals surface area contributed by atoms with Crippen molar-refractivity contribution in [3.8, 4) is 0 Å². The third-order valence-corrected chi connectivity index (χ3v) is 2.84. The summed E-state index contributed by atoms with van der Waals surface area (Å²) >= 11 is 0. The number of H-pyrrole nitrogens is 1. The van der Waals surface area contributed by atoms with Gasteiger partial charge >= 0.3 is 0 Å². The fourth-order valence-corrected chi connectivity index (χ4v) is 1.97. The smallest absolute Gasteiger partial charge is 0.251 e. The van der Waals surface area contributed by atoms with E-state index in [2.05, 4.69) is 29.0 Å². The van der Waals surface area contributed by atoms with Gasteiger partial charge in [-0.2, -0.15) is 0 Å². The molecule has 0 amide bonds. The minimum Gasteiger partial charge on any atom is -0.311 e. The number of aromatic amines is 1. The molecule has 0 spiro atoms. The first kappa shape index (κ1) is 12.6. The topological polar surface area (TPSA) is 45.8 Å². The molecule has 2 aromatic rings. The predicted octanol–water partition coefficient (Wildman–Crippen LogP) is 2.51. The molecule has 1 N–H and O–H groups in total.